The van der Waals surface area contributed by atoms with Crippen molar-refractivity contribution in [2.24, 2.45) is 0 Å². The van der Waals surface area contributed by atoms with Crippen LogP contribution in [0.15, 0.2) is 24.3 Å². The molecule has 0 spiro atoms. The molecule has 0 aromatic heterocycles. The molecule has 1 amide bonds. The normalized spacial score (nSPS) is 12.8. The maximum atomic E-state index is 12.5. The molecule has 3 N–H and O–H groups in total. The van der Waals surface area contributed by atoms with Gasteiger partial charge >= 0.3 is 5.97 Å². The lowest BCUT2D eigenvalue weighted by atomic mass is 10.0. The van der Waals surface area contributed by atoms with Crippen molar-refractivity contribution in [1.29, 1.82) is 0 Å². The summed E-state index contributed by atoms with van der Waals surface area (Å²) in [5.74, 6) is -0.0529. The predicted octanol–water partition coefficient (Wildman–Crippen LogP) is 16.7. The van der Waals surface area contributed by atoms with Crippen LogP contribution in [0.3, 0.4) is 0 Å². The Kier molecular flexibility index (Phi) is 50.6. The summed E-state index contributed by atoms with van der Waals surface area (Å²) >= 11 is 0. The molecule has 0 aliphatic heterocycles. The molecule has 0 saturated heterocycles. The molecule has 0 heterocycles. The number of carbonyl (C=O) groups excluding carboxylic acids is 2. The van der Waals surface area contributed by atoms with Gasteiger partial charge in [0.1, 0.15) is 0 Å². The molecule has 6 nitrogen and oxygen atoms in total. The first kappa shape index (κ1) is 60.3. The minimum atomic E-state index is -0.669. The lowest BCUT2D eigenvalue weighted by molar-refractivity contribution is -0.143. The number of unbranched alkanes of at least 4 members (excludes halogenated alkanes) is 36. The van der Waals surface area contributed by atoms with E-state index >= 15 is 0 Å². The minimum absolute atomic E-state index is 0.0120. The lowest BCUT2D eigenvalue weighted by Gasteiger charge is -2.22. The molecule has 0 aromatic carbocycles. The van der Waals surface area contributed by atoms with Gasteiger partial charge in [0, 0.05) is 12.8 Å². The smallest absolute Gasteiger partial charge is 0.305 e. The Hall–Kier alpha value is -1.66. The predicted molar refractivity (Wildman–Crippen MR) is 269 cm³/mol. The fraction of sp³-hybridized carbons (Fsp3) is 0.893. The van der Waals surface area contributed by atoms with Crippen molar-refractivity contribution < 1.29 is 24.5 Å². The van der Waals surface area contributed by atoms with E-state index in [1.807, 2.05) is 0 Å². The van der Waals surface area contributed by atoms with Gasteiger partial charge in [-0.15, -0.1) is 0 Å². The molecule has 366 valence electrons. The Morgan fingerprint density at radius 1 is 0.452 bits per heavy atom. The van der Waals surface area contributed by atoms with Gasteiger partial charge in [0.25, 0.3) is 0 Å². The zero-order valence-electron chi connectivity index (χ0n) is 41.6. The first-order chi connectivity index (χ1) is 30.5. The highest BCUT2D eigenvalue weighted by molar-refractivity contribution is 5.76. The molecule has 0 radical (unpaired) electrons. The van der Waals surface area contributed by atoms with E-state index in [0.29, 0.717) is 25.9 Å². The molecular weight excluding hydrogens is 767 g/mol. The maximum Gasteiger partial charge on any atom is 0.305 e. The number of aliphatic hydroxyl groups excluding tert-OH is 2. The van der Waals surface area contributed by atoms with Gasteiger partial charge in [0.05, 0.1) is 25.4 Å². The van der Waals surface area contributed by atoms with E-state index < -0.39 is 12.1 Å². The van der Waals surface area contributed by atoms with Crippen molar-refractivity contribution in [2.45, 2.75) is 309 Å². The van der Waals surface area contributed by atoms with Crippen LogP contribution in [0, 0.1) is 0 Å². The zero-order valence-corrected chi connectivity index (χ0v) is 41.6. The average Bonchev–Trinajstić information content (AvgIpc) is 3.27. The van der Waals surface area contributed by atoms with Crippen LogP contribution in [0.5, 0.6) is 0 Å². The van der Waals surface area contributed by atoms with Crippen LogP contribution in [0.4, 0.5) is 0 Å². The second-order valence-corrected chi connectivity index (χ2v) is 18.9. The number of aliphatic hydroxyl groups is 2. The van der Waals surface area contributed by atoms with Crippen molar-refractivity contribution in [1.82, 2.24) is 5.32 Å². The van der Waals surface area contributed by atoms with Gasteiger partial charge in [-0.1, -0.05) is 256 Å². The lowest BCUT2D eigenvalue weighted by Crippen LogP contribution is -2.45. The molecule has 2 unspecified atom stereocenters. The summed E-state index contributed by atoms with van der Waals surface area (Å²) in [6.07, 6.45) is 61.5. The molecule has 0 saturated carbocycles. The van der Waals surface area contributed by atoms with E-state index in [1.165, 1.54) is 205 Å². The Bertz CT molecular complexity index is 966. The molecule has 0 aliphatic rings. The van der Waals surface area contributed by atoms with E-state index in [2.05, 4.69) is 43.5 Å². The van der Waals surface area contributed by atoms with Crippen LogP contribution in [-0.4, -0.2) is 47.4 Å². The second kappa shape index (κ2) is 52.0. The van der Waals surface area contributed by atoms with Crippen molar-refractivity contribution in [3.05, 3.63) is 24.3 Å². The first-order valence-electron chi connectivity index (χ1n) is 27.6. The molecule has 0 fully saturated rings. The summed E-state index contributed by atoms with van der Waals surface area (Å²) in [4.78, 5) is 24.5. The zero-order chi connectivity index (χ0) is 45.1. The number of amides is 1. The Morgan fingerprint density at radius 2 is 0.839 bits per heavy atom. The number of rotatable bonds is 51. The molecule has 6 heteroatoms. The highest BCUT2D eigenvalue weighted by Gasteiger charge is 2.20. The SMILES string of the molecule is CCC/C=C\C/C=C\CCCCCCCC(=O)OCCCCCCCCCCCCCCCCCCC(=O)NC(CO)C(O)CCCCCCCCCCCCCCCCCC. The Morgan fingerprint density at radius 3 is 1.29 bits per heavy atom. The topological polar surface area (TPSA) is 95.9 Å². The molecule has 0 aromatic rings. The standard InChI is InChI=1S/C56H107NO5/c1-3-5-7-9-11-13-15-17-18-21-25-28-32-36-40-44-48-54(59)53(52-58)57-55(60)49-45-41-37-33-29-26-22-19-20-23-27-31-35-39-43-47-51-62-56(61)50-46-42-38-34-30-24-16-14-12-10-8-6-4-2/h8,10,14,16,53-54,58-59H,3-7,9,11-13,15,17-52H2,1-2H3,(H,57,60)/b10-8-,16-14-. The van der Waals surface area contributed by atoms with Crippen LogP contribution in [0.1, 0.15) is 296 Å². The summed E-state index contributed by atoms with van der Waals surface area (Å²) in [5, 5.41) is 23.3. The summed E-state index contributed by atoms with van der Waals surface area (Å²) < 4.78 is 5.46. The number of esters is 1. The molecule has 0 rings (SSSR count). The molecule has 62 heavy (non-hydrogen) atoms. The Labute approximate surface area is 386 Å². The van der Waals surface area contributed by atoms with E-state index in [4.69, 9.17) is 4.74 Å². The number of hydrogen-bond donors (Lipinski definition) is 3. The summed E-state index contributed by atoms with van der Waals surface area (Å²) in [6.45, 7) is 4.88. The summed E-state index contributed by atoms with van der Waals surface area (Å²) in [5.41, 5.74) is 0. The maximum absolute atomic E-state index is 12.5. The number of hydrogen-bond acceptors (Lipinski definition) is 5. The average molecular weight is 874 g/mol. The molecule has 2 atom stereocenters. The van der Waals surface area contributed by atoms with Gasteiger partial charge in [-0.3, -0.25) is 9.59 Å². The fourth-order valence-corrected chi connectivity index (χ4v) is 8.50. The van der Waals surface area contributed by atoms with Gasteiger partial charge in [-0.25, -0.2) is 0 Å². The first-order valence-corrected chi connectivity index (χ1v) is 27.6. The van der Waals surface area contributed by atoms with E-state index in [1.54, 1.807) is 0 Å². The van der Waals surface area contributed by atoms with Gasteiger partial charge in [-0.05, 0) is 51.4 Å². The van der Waals surface area contributed by atoms with Crippen molar-refractivity contribution in [3.63, 3.8) is 0 Å². The molecule has 0 bridgehead atoms. The number of carbonyl (C=O) groups is 2. The van der Waals surface area contributed by atoms with Crippen LogP contribution in [0.2, 0.25) is 0 Å². The monoisotopic (exact) mass is 874 g/mol. The van der Waals surface area contributed by atoms with E-state index in [0.717, 1.165) is 57.8 Å². The van der Waals surface area contributed by atoms with Gasteiger partial charge in [-0.2, -0.15) is 0 Å². The summed E-state index contributed by atoms with van der Waals surface area (Å²) in [7, 11) is 0. The third-order valence-electron chi connectivity index (χ3n) is 12.7. The van der Waals surface area contributed by atoms with Crippen LogP contribution in [0.25, 0.3) is 0 Å². The number of nitrogens with one attached hydrogen (secondary N) is 1. The highest BCUT2D eigenvalue weighted by Crippen LogP contribution is 2.17. The largest absolute Gasteiger partial charge is 0.466 e. The molecule has 0 aliphatic carbocycles. The van der Waals surface area contributed by atoms with Crippen LogP contribution in [-0.2, 0) is 14.3 Å². The summed E-state index contributed by atoms with van der Waals surface area (Å²) in [6, 6.07) is -0.547. The van der Waals surface area contributed by atoms with Gasteiger partial charge in [0.15, 0.2) is 0 Å². The van der Waals surface area contributed by atoms with Crippen LogP contribution >= 0.6 is 0 Å². The van der Waals surface area contributed by atoms with Gasteiger partial charge in [0.2, 0.25) is 5.91 Å². The highest BCUT2D eigenvalue weighted by atomic mass is 16.5. The second-order valence-electron chi connectivity index (χ2n) is 18.9. The third-order valence-corrected chi connectivity index (χ3v) is 12.7. The third kappa shape index (κ3) is 47.8. The van der Waals surface area contributed by atoms with Crippen molar-refractivity contribution in [2.75, 3.05) is 13.2 Å². The van der Waals surface area contributed by atoms with E-state index in [-0.39, 0.29) is 18.5 Å². The van der Waals surface area contributed by atoms with Crippen molar-refractivity contribution in [3.8, 4) is 0 Å². The van der Waals surface area contributed by atoms with E-state index in [9.17, 15) is 19.8 Å². The quantitative estimate of drug-likeness (QED) is 0.0321. The molecular formula is C56H107NO5. The minimum Gasteiger partial charge on any atom is -0.466 e. The van der Waals surface area contributed by atoms with Crippen molar-refractivity contribution >= 4 is 11.9 Å². The number of allylic oxidation sites excluding steroid dienone is 4. The number of ether oxygens (including phenoxy) is 1. The van der Waals surface area contributed by atoms with Crippen LogP contribution < -0.4 is 5.32 Å². The Balaban J connectivity index is 3.43. The fourth-order valence-electron chi connectivity index (χ4n) is 8.50. The van der Waals surface area contributed by atoms with Gasteiger partial charge < -0.3 is 20.3 Å².